The molecule has 196 valence electrons. The molecule has 12 heteroatoms. The molecule has 2 aliphatic carbocycles. The van der Waals surface area contributed by atoms with Crippen LogP contribution >= 0.6 is 0 Å². The first kappa shape index (κ1) is 24.8. The number of benzene rings is 1. The van der Waals surface area contributed by atoms with E-state index in [2.05, 4.69) is 10.3 Å². The number of rotatable bonds is 6. The first-order valence-corrected chi connectivity index (χ1v) is 11.8. The SMILES string of the molecule is CC1(C)CN(c2nc(C(=O)Nc3cc(F)c(OC4CC5C[C@@H]5C4)c(F)c3)c(CC(F)(F)F)o2)CCO1. The van der Waals surface area contributed by atoms with Gasteiger partial charge >= 0.3 is 6.18 Å². The van der Waals surface area contributed by atoms with Gasteiger partial charge in [-0.3, -0.25) is 4.79 Å². The second-order valence-corrected chi connectivity index (χ2v) is 10.3. The van der Waals surface area contributed by atoms with Gasteiger partial charge in [0.15, 0.2) is 23.1 Å². The van der Waals surface area contributed by atoms with E-state index in [1.165, 1.54) is 0 Å². The molecule has 3 aliphatic rings. The molecular weight excluding hydrogens is 489 g/mol. The van der Waals surface area contributed by atoms with Crippen molar-refractivity contribution in [2.75, 3.05) is 29.9 Å². The fourth-order valence-electron chi connectivity index (χ4n) is 4.99. The molecule has 5 rings (SSSR count). The lowest BCUT2D eigenvalue weighted by atomic mass is 10.1. The zero-order valence-electron chi connectivity index (χ0n) is 19.8. The molecular formula is C24H26F5N3O4. The first-order valence-electron chi connectivity index (χ1n) is 11.8. The number of halogens is 5. The minimum Gasteiger partial charge on any atom is -0.484 e. The van der Waals surface area contributed by atoms with Crippen LogP contribution in [0.15, 0.2) is 16.5 Å². The minimum absolute atomic E-state index is 0.161. The summed E-state index contributed by atoms with van der Waals surface area (Å²) in [6.07, 6.45) is -3.85. The van der Waals surface area contributed by atoms with Gasteiger partial charge in [0.1, 0.15) is 12.2 Å². The van der Waals surface area contributed by atoms with Gasteiger partial charge < -0.3 is 24.1 Å². The van der Waals surface area contributed by atoms with Crippen LogP contribution in [0.2, 0.25) is 0 Å². The number of aromatic nitrogens is 1. The molecule has 2 saturated carbocycles. The number of hydrogen-bond donors (Lipinski definition) is 1. The highest BCUT2D eigenvalue weighted by molar-refractivity contribution is 6.03. The number of fused-ring (bicyclic) bond motifs is 1. The second-order valence-electron chi connectivity index (χ2n) is 10.3. The van der Waals surface area contributed by atoms with Crippen molar-refractivity contribution in [2.24, 2.45) is 11.8 Å². The summed E-state index contributed by atoms with van der Waals surface area (Å²) in [6, 6.07) is 1.56. The van der Waals surface area contributed by atoms with Crippen molar-refractivity contribution in [2.45, 2.75) is 57.4 Å². The van der Waals surface area contributed by atoms with Crippen LogP contribution in [0.1, 0.15) is 49.4 Å². The monoisotopic (exact) mass is 515 g/mol. The quantitative estimate of drug-likeness (QED) is 0.540. The molecule has 36 heavy (non-hydrogen) atoms. The van der Waals surface area contributed by atoms with E-state index in [1.54, 1.807) is 18.7 Å². The number of hydrogen-bond acceptors (Lipinski definition) is 6. The third kappa shape index (κ3) is 5.42. The lowest BCUT2D eigenvalue weighted by molar-refractivity contribution is -0.130. The van der Waals surface area contributed by atoms with Crippen LogP contribution in [0.25, 0.3) is 0 Å². The number of anilines is 2. The molecule has 2 heterocycles. The predicted octanol–water partition coefficient (Wildman–Crippen LogP) is 5.10. The summed E-state index contributed by atoms with van der Waals surface area (Å²) in [6.45, 7) is 4.48. The third-order valence-electron chi connectivity index (χ3n) is 6.70. The van der Waals surface area contributed by atoms with E-state index < -0.39 is 52.9 Å². The molecule has 0 bridgehead atoms. The Bertz CT molecular complexity index is 1130. The van der Waals surface area contributed by atoms with Crippen molar-refractivity contribution in [1.82, 2.24) is 4.98 Å². The number of carbonyl (C=O) groups excluding carboxylic acids is 1. The van der Waals surface area contributed by atoms with E-state index in [-0.39, 0.29) is 24.4 Å². The molecule has 0 spiro atoms. The molecule has 3 atom stereocenters. The van der Waals surface area contributed by atoms with Gasteiger partial charge in [0.2, 0.25) is 0 Å². The Kier molecular flexibility index (Phi) is 6.12. The topological polar surface area (TPSA) is 76.8 Å². The Morgan fingerprint density at radius 1 is 1.19 bits per heavy atom. The molecule has 1 aromatic heterocycles. The average Bonchev–Trinajstić information content (AvgIpc) is 3.16. The number of ether oxygens (including phenoxy) is 2. The lowest BCUT2D eigenvalue weighted by Crippen LogP contribution is -2.48. The number of nitrogens with one attached hydrogen (secondary N) is 1. The molecule has 3 fully saturated rings. The Morgan fingerprint density at radius 2 is 1.86 bits per heavy atom. The Hall–Kier alpha value is -2.89. The Labute approximate surface area is 203 Å². The molecule has 2 aromatic rings. The van der Waals surface area contributed by atoms with Crippen molar-refractivity contribution in [3.05, 3.63) is 35.2 Å². The molecule has 0 radical (unpaired) electrons. The van der Waals surface area contributed by atoms with Crippen molar-refractivity contribution < 1.29 is 40.6 Å². The highest BCUT2D eigenvalue weighted by Crippen LogP contribution is 2.52. The first-order chi connectivity index (χ1) is 16.9. The van der Waals surface area contributed by atoms with Crippen molar-refractivity contribution in [3.63, 3.8) is 0 Å². The summed E-state index contributed by atoms with van der Waals surface area (Å²) in [5.41, 5.74) is -1.50. The maximum absolute atomic E-state index is 14.6. The van der Waals surface area contributed by atoms with E-state index >= 15 is 0 Å². The van der Waals surface area contributed by atoms with Gasteiger partial charge in [0.25, 0.3) is 11.9 Å². The van der Waals surface area contributed by atoms with Crippen LogP contribution in [0.5, 0.6) is 5.75 Å². The van der Waals surface area contributed by atoms with E-state index in [0.717, 1.165) is 31.4 Å². The normalized spacial score (nSPS) is 25.0. The van der Waals surface area contributed by atoms with E-state index in [9.17, 15) is 26.7 Å². The van der Waals surface area contributed by atoms with Crippen molar-refractivity contribution in [1.29, 1.82) is 0 Å². The predicted molar refractivity (Wildman–Crippen MR) is 118 cm³/mol. The number of oxazole rings is 1. The van der Waals surface area contributed by atoms with Gasteiger partial charge in [0.05, 0.1) is 24.9 Å². The van der Waals surface area contributed by atoms with Crippen LogP contribution in [-0.2, 0) is 11.2 Å². The lowest BCUT2D eigenvalue weighted by Gasteiger charge is -2.37. The molecule has 1 aromatic carbocycles. The number of carbonyl (C=O) groups is 1. The van der Waals surface area contributed by atoms with Crippen molar-refractivity contribution >= 4 is 17.6 Å². The molecule has 1 saturated heterocycles. The van der Waals surface area contributed by atoms with Crippen LogP contribution in [0.4, 0.5) is 33.7 Å². The minimum atomic E-state index is -4.67. The zero-order valence-corrected chi connectivity index (χ0v) is 19.8. The average molecular weight is 515 g/mol. The van der Waals surface area contributed by atoms with E-state index in [4.69, 9.17) is 13.9 Å². The highest BCUT2D eigenvalue weighted by atomic mass is 19.4. The van der Waals surface area contributed by atoms with Crippen LogP contribution in [0, 0.1) is 23.5 Å². The van der Waals surface area contributed by atoms with E-state index in [1.807, 2.05) is 0 Å². The van der Waals surface area contributed by atoms with Gasteiger partial charge in [-0.2, -0.15) is 18.2 Å². The number of alkyl halides is 3. The summed E-state index contributed by atoms with van der Waals surface area (Å²) in [7, 11) is 0. The number of nitrogens with zero attached hydrogens (tertiary/aromatic N) is 2. The zero-order chi connectivity index (χ0) is 25.8. The Balaban J connectivity index is 1.35. The van der Waals surface area contributed by atoms with Crippen molar-refractivity contribution in [3.8, 4) is 5.75 Å². The van der Waals surface area contributed by atoms with Crippen LogP contribution < -0.4 is 15.0 Å². The summed E-state index contributed by atoms with van der Waals surface area (Å²) in [4.78, 5) is 18.4. The fourth-order valence-corrected chi connectivity index (χ4v) is 4.99. The highest BCUT2D eigenvalue weighted by Gasteiger charge is 2.47. The van der Waals surface area contributed by atoms with Crippen LogP contribution in [0.3, 0.4) is 0 Å². The van der Waals surface area contributed by atoms with Gasteiger partial charge in [-0.15, -0.1) is 0 Å². The molecule has 1 N–H and O–H groups in total. The van der Waals surface area contributed by atoms with Gasteiger partial charge in [0, 0.05) is 24.4 Å². The fraction of sp³-hybridized carbons (Fsp3) is 0.583. The van der Waals surface area contributed by atoms with E-state index in [0.29, 0.717) is 25.0 Å². The Morgan fingerprint density at radius 3 is 2.47 bits per heavy atom. The summed E-state index contributed by atoms with van der Waals surface area (Å²) >= 11 is 0. The molecule has 7 nitrogen and oxygen atoms in total. The smallest absolute Gasteiger partial charge is 0.396 e. The van der Waals surface area contributed by atoms with Gasteiger partial charge in [-0.25, -0.2) is 8.78 Å². The summed E-state index contributed by atoms with van der Waals surface area (Å²) in [5, 5.41) is 2.23. The molecule has 1 aliphatic heterocycles. The van der Waals surface area contributed by atoms with Gasteiger partial charge in [-0.05, 0) is 44.9 Å². The van der Waals surface area contributed by atoms with Crippen LogP contribution in [-0.4, -0.2) is 48.5 Å². The van der Waals surface area contributed by atoms with Gasteiger partial charge in [-0.1, -0.05) is 0 Å². The maximum atomic E-state index is 14.6. The maximum Gasteiger partial charge on any atom is 0.396 e. The standard InChI is InChI=1S/C24H26F5N3O4/c1-23(2)11-32(3-4-34-23)22-31-19(18(36-22)10-24(27,28)29)21(33)30-14-8-16(25)20(17(26)9-14)35-15-6-12-5-13(12)7-15/h8-9,12-13,15H,3-7,10-11H2,1-2H3,(H,30,33)/t12-,13?,15?/m1/s1. The molecule has 2 unspecified atom stereocenters. The summed E-state index contributed by atoms with van der Waals surface area (Å²) < 4.78 is 85.2. The largest absolute Gasteiger partial charge is 0.484 e. The summed E-state index contributed by atoms with van der Waals surface area (Å²) in [5.74, 6) is -3.23. The number of amides is 1. The third-order valence-corrected chi connectivity index (χ3v) is 6.70. The number of morpholine rings is 1. The molecule has 1 amide bonds. The second kappa shape index (κ2) is 8.89.